The molecule has 0 spiro atoms. The van der Waals surface area contributed by atoms with E-state index in [9.17, 15) is 9.59 Å². The summed E-state index contributed by atoms with van der Waals surface area (Å²) in [5, 5.41) is 0. The summed E-state index contributed by atoms with van der Waals surface area (Å²) in [6, 6.07) is 4.73. The van der Waals surface area contributed by atoms with Crippen LogP contribution < -0.4 is 0 Å². The van der Waals surface area contributed by atoms with Gasteiger partial charge >= 0.3 is 11.9 Å². The molecule has 1 aliphatic heterocycles. The molecule has 1 heterocycles. The molecule has 0 saturated heterocycles. The number of esters is 2. The third-order valence-corrected chi connectivity index (χ3v) is 4.05. The van der Waals surface area contributed by atoms with E-state index in [1.54, 1.807) is 31.4 Å². The normalized spacial score (nSPS) is 25.6. The van der Waals surface area contributed by atoms with Gasteiger partial charge in [-0.25, -0.2) is 9.59 Å². The van der Waals surface area contributed by atoms with Crippen LogP contribution in [0.25, 0.3) is 0 Å². The zero-order valence-electron chi connectivity index (χ0n) is 10.5. The molecule has 19 heavy (non-hydrogen) atoms. The minimum absolute atomic E-state index is 0.204. The standard InChI is InChI=1S/C10H4O3.C6H10/c1-2-6-4-3-5-7-8(6)10(12)13-9(7)11;1-2-5-4-6(5)3-1/h1,3-5H;5-6H,1-4H2. The Morgan fingerprint density at radius 2 is 1.89 bits per heavy atom. The van der Waals surface area contributed by atoms with Crippen LogP contribution >= 0.6 is 0 Å². The fraction of sp³-hybridized carbons (Fsp3) is 0.375. The summed E-state index contributed by atoms with van der Waals surface area (Å²) in [6.45, 7) is 0. The summed E-state index contributed by atoms with van der Waals surface area (Å²) in [5.74, 6) is 3.46. The molecular weight excluding hydrogens is 240 g/mol. The Bertz CT molecular complexity index is 587. The number of terminal acetylenes is 1. The molecule has 2 fully saturated rings. The summed E-state index contributed by atoms with van der Waals surface area (Å²) >= 11 is 0. The van der Waals surface area contributed by atoms with Crippen molar-refractivity contribution < 1.29 is 14.3 Å². The first-order valence-corrected chi connectivity index (χ1v) is 6.57. The van der Waals surface area contributed by atoms with Crippen LogP contribution in [0.4, 0.5) is 0 Å². The average molecular weight is 254 g/mol. The van der Waals surface area contributed by atoms with Gasteiger partial charge in [0, 0.05) is 5.56 Å². The molecule has 3 nitrogen and oxygen atoms in total. The number of carbonyl (C=O) groups is 2. The minimum Gasteiger partial charge on any atom is -0.386 e. The molecule has 3 heteroatoms. The number of cyclic esters (lactones) is 2. The van der Waals surface area contributed by atoms with Gasteiger partial charge in [-0.2, -0.15) is 0 Å². The van der Waals surface area contributed by atoms with Crippen molar-refractivity contribution in [1.82, 2.24) is 0 Å². The summed E-state index contributed by atoms with van der Waals surface area (Å²) in [6.07, 6.45) is 11.4. The van der Waals surface area contributed by atoms with E-state index in [2.05, 4.69) is 10.7 Å². The summed E-state index contributed by atoms with van der Waals surface area (Å²) in [4.78, 5) is 22.1. The Morgan fingerprint density at radius 3 is 2.42 bits per heavy atom. The summed E-state index contributed by atoms with van der Waals surface area (Å²) in [7, 11) is 0. The zero-order valence-corrected chi connectivity index (χ0v) is 10.5. The number of hydrogen-bond acceptors (Lipinski definition) is 3. The van der Waals surface area contributed by atoms with Crippen LogP contribution in [-0.4, -0.2) is 11.9 Å². The Labute approximate surface area is 112 Å². The first-order valence-electron chi connectivity index (χ1n) is 6.57. The molecule has 2 atom stereocenters. The van der Waals surface area contributed by atoms with E-state index in [1.807, 2.05) is 0 Å². The lowest BCUT2D eigenvalue weighted by molar-refractivity contribution is 0.0443. The maximum absolute atomic E-state index is 11.1. The molecule has 0 amide bonds. The molecule has 2 unspecified atom stereocenters. The highest BCUT2D eigenvalue weighted by molar-refractivity contribution is 6.15. The van der Waals surface area contributed by atoms with Crippen molar-refractivity contribution in [3.8, 4) is 12.3 Å². The van der Waals surface area contributed by atoms with Gasteiger partial charge in [0.1, 0.15) is 0 Å². The van der Waals surface area contributed by atoms with Crippen molar-refractivity contribution in [2.75, 3.05) is 0 Å². The molecule has 2 aliphatic carbocycles. The van der Waals surface area contributed by atoms with Crippen LogP contribution in [0.2, 0.25) is 0 Å². The van der Waals surface area contributed by atoms with E-state index in [1.165, 1.54) is 24.3 Å². The predicted octanol–water partition coefficient (Wildman–Crippen LogP) is 2.78. The quantitative estimate of drug-likeness (QED) is 0.406. The lowest BCUT2D eigenvalue weighted by atomic mass is 10.0. The number of hydrogen-bond donors (Lipinski definition) is 0. The molecule has 0 N–H and O–H groups in total. The number of carbonyl (C=O) groups excluding carboxylic acids is 2. The molecule has 96 valence electrons. The van der Waals surface area contributed by atoms with Gasteiger partial charge < -0.3 is 4.74 Å². The van der Waals surface area contributed by atoms with Crippen molar-refractivity contribution in [3.63, 3.8) is 0 Å². The first kappa shape index (κ1) is 12.0. The van der Waals surface area contributed by atoms with Crippen molar-refractivity contribution in [2.24, 2.45) is 11.8 Å². The second kappa shape index (κ2) is 4.55. The third kappa shape index (κ3) is 2.15. The molecule has 4 rings (SSSR count). The molecule has 0 bridgehead atoms. The molecule has 2 saturated carbocycles. The largest absolute Gasteiger partial charge is 0.386 e. The molecule has 1 aromatic carbocycles. The van der Waals surface area contributed by atoms with Crippen LogP contribution in [0.5, 0.6) is 0 Å². The molecule has 0 radical (unpaired) electrons. The van der Waals surface area contributed by atoms with E-state index in [4.69, 9.17) is 6.42 Å². The highest BCUT2D eigenvalue weighted by atomic mass is 16.6. The monoisotopic (exact) mass is 254 g/mol. The Hall–Kier alpha value is -2.08. The van der Waals surface area contributed by atoms with Crippen molar-refractivity contribution in [3.05, 3.63) is 34.9 Å². The molecular formula is C16H14O3. The molecule has 3 aliphatic rings. The van der Waals surface area contributed by atoms with Gasteiger partial charge in [0.05, 0.1) is 11.1 Å². The van der Waals surface area contributed by atoms with Crippen molar-refractivity contribution in [1.29, 1.82) is 0 Å². The second-order valence-corrected chi connectivity index (χ2v) is 5.24. The fourth-order valence-electron chi connectivity index (χ4n) is 2.91. The Morgan fingerprint density at radius 1 is 1.16 bits per heavy atom. The van der Waals surface area contributed by atoms with Gasteiger partial charge in [0.15, 0.2) is 0 Å². The number of rotatable bonds is 0. The zero-order chi connectivity index (χ0) is 13.4. The van der Waals surface area contributed by atoms with Gasteiger partial charge in [-0.15, -0.1) is 6.42 Å². The van der Waals surface area contributed by atoms with Crippen LogP contribution in [0.1, 0.15) is 52.0 Å². The summed E-state index contributed by atoms with van der Waals surface area (Å²) in [5.41, 5.74) is 0.851. The van der Waals surface area contributed by atoms with Gasteiger partial charge in [-0.05, 0) is 30.4 Å². The van der Waals surface area contributed by atoms with Gasteiger partial charge in [0.2, 0.25) is 0 Å². The van der Waals surface area contributed by atoms with Gasteiger partial charge in [0.25, 0.3) is 0 Å². The number of benzene rings is 1. The minimum atomic E-state index is -0.659. The van der Waals surface area contributed by atoms with Gasteiger partial charge in [-0.1, -0.05) is 31.2 Å². The smallest absolute Gasteiger partial charge is 0.348 e. The van der Waals surface area contributed by atoms with Crippen LogP contribution in [0.15, 0.2) is 18.2 Å². The van der Waals surface area contributed by atoms with Crippen LogP contribution in [0, 0.1) is 24.2 Å². The fourth-order valence-corrected chi connectivity index (χ4v) is 2.91. The predicted molar refractivity (Wildman–Crippen MR) is 69.6 cm³/mol. The van der Waals surface area contributed by atoms with E-state index >= 15 is 0 Å². The van der Waals surface area contributed by atoms with Crippen LogP contribution in [0.3, 0.4) is 0 Å². The van der Waals surface area contributed by atoms with E-state index < -0.39 is 11.9 Å². The Kier molecular flexibility index (Phi) is 2.87. The highest BCUT2D eigenvalue weighted by Gasteiger charge is 2.40. The van der Waals surface area contributed by atoms with E-state index in [0.29, 0.717) is 5.56 Å². The second-order valence-electron chi connectivity index (χ2n) is 5.24. The Balaban J connectivity index is 0.000000151. The number of fused-ring (bicyclic) bond motifs is 2. The maximum atomic E-state index is 11.1. The average Bonchev–Trinajstić information content (AvgIpc) is 2.91. The first-order chi connectivity index (χ1) is 9.20. The van der Waals surface area contributed by atoms with Crippen molar-refractivity contribution in [2.45, 2.75) is 25.7 Å². The highest BCUT2D eigenvalue weighted by Crippen LogP contribution is 2.51. The van der Waals surface area contributed by atoms with E-state index in [0.717, 1.165) is 0 Å². The number of ether oxygens (including phenoxy) is 1. The van der Waals surface area contributed by atoms with Gasteiger partial charge in [-0.3, -0.25) is 0 Å². The lowest BCUT2D eigenvalue weighted by Crippen LogP contribution is -1.98. The molecule has 1 aromatic rings. The topological polar surface area (TPSA) is 43.4 Å². The third-order valence-electron chi connectivity index (χ3n) is 4.05. The summed E-state index contributed by atoms with van der Waals surface area (Å²) < 4.78 is 4.40. The van der Waals surface area contributed by atoms with E-state index in [-0.39, 0.29) is 11.1 Å². The molecule has 0 aromatic heterocycles. The maximum Gasteiger partial charge on any atom is 0.348 e. The lowest BCUT2D eigenvalue weighted by Gasteiger charge is -1.94. The van der Waals surface area contributed by atoms with Crippen molar-refractivity contribution >= 4 is 11.9 Å². The van der Waals surface area contributed by atoms with Crippen LogP contribution in [-0.2, 0) is 4.74 Å². The SMILES string of the molecule is C#Cc1cccc2c1C(=O)OC2=O.C1CC2CC2C1.